The van der Waals surface area contributed by atoms with E-state index in [0.717, 1.165) is 0 Å². The van der Waals surface area contributed by atoms with Crippen LogP contribution in [0.5, 0.6) is 0 Å². The number of anilines is 2. The number of benzene rings is 2. The molecular formula is C19H17Cl2N3O3. The van der Waals surface area contributed by atoms with E-state index in [4.69, 9.17) is 38.9 Å². The third-order valence-corrected chi connectivity index (χ3v) is 4.26. The molecule has 2 aromatic carbocycles. The summed E-state index contributed by atoms with van der Waals surface area (Å²) in [5.74, 6) is -1.28. The molecule has 27 heavy (non-hydrogen) atoms. The van der Waals surface area contributed by atoms with Crippen molar-refractivity contribution in [1.82, 2.24) is 0 Å². The fourth-order valence-corrected chi connectivity index (χ4v) is 2.88. The molecule has 0 radical (unpaired) electrons. The van der Waals surface area contributed by atoms with Gasteiger partial charge in [-0.05, 0) is 31.2 Å². The van der Waals surface area contributed by atoms with Crippen LogP contribution in [-0.4, -0.2) is 24.5 Å². The molecule has 0 spiro atoms. The van der Waals surface area contributed by atoms with E-state index in [1.165, 1.54) is 24.0 Å². The number of amides is 1. The van der Waals surface area contributed by atoms with Crippen molar-refractivity contribution in [1.29, 1.82) is 5.26 Å². The predicted molar refractivity (Wildman–Crippen MR) is 105 cm³/mol. The lowest BCUT2D eigenvalue weighted by Crippen LogP contribution is -2.40. The zero-order chi connectivity index (χ0) is 20.0. The van der Waals surface area contributed by atoms with Gasteiger partial charge in [0.05, 0.1) is 28.8 Å². The van der Waals surface area contributed by atoms with E-state index in [1.807, 2.05) is 12.1 Å². The zero-order valence-electron chi connectivity index (χ0n) is 14.5. The number of carbonyl (C=O) groups excluding carboxylic acids is 2. The Bertz CT molecular complexity index is 882. The van der Waals surface area contributed by atoms with Crippen LogP contribution in [0.1, 0.15) is 23.7 Å². The van der Waals surface area contributed by atoms with Crippen molar-refractivity contribution >= 4 is 46.5 Å². The SMILES string of the molecule is CC(OC(=O)c1cc(Cl)cc(Cl)c1N)C(=O)N(CCC#N)c1ccccc1. The highest BCUT2D eigenvalue weighted by molar-refractivity contribution is 6.37. The molecular weight excluding hydrogens is 389 g/mol. The molecule has 0 saturated carbocycles. The third-order valence-electron chi connectivity index (χ3n) is 3.73. The summed E-state index contributed by atoms with van der Waals surface area (Å²) in [5.41, 5.74) is 6.41. The second-order valence-electron chi connectivity index (χ2n) is 5.63. The molecule has 1 unspecified atom stereocenters. The molecule has 2 N–H and O–H groups in total. The molecule has 140 valence electrons. The van der Waals surface area contributed by atoms with Crippen LogP contribution in [-0.2, 0) is 9.53 Å². The Morgan fingerprint density at radius 3 is 2.56 bits per heavy atom. The molecule has 0 aliphatic heterocycles. The molecule has 6 nitrogen and oxygen atoms in total. The number of nitrogen functional groups attached to an aromatic ring is 1. The van der Waals surface area contributed by atoms with Gasteiger partial charge >= 0.3 is 5.97 Å². The fourth-order valence-electron chi connectivity index (χ4n) is 2.38. The maximum absolute atomic E-state index is 12.8. The monoisotopic (exact) mass is 405 g/mol. The third kappa shape index (κ3) is 5.13. The second kappa shape index (κ2) is 9.26. The van der Waals surface area contributed by atoms with E-state index < -0.39 is 18.0 Å². The van der Waals surface area contributed by atoms with E-state index in [0.29, 0.717) is 5.69 Å². The number of hydrogen-bond acceptors (Lipinski definition) is 5. The summed E-state index contributed by atoms with van der Waals surface area (Å²) >= 11 is 11.8. The number of rotatable bonds is 6. The Morgan fingerprint density at radius 2 is 1.93 bits per heavy atom. The van der Waals surface area contributed by atoms with Gasteiger partial charge in [-0.3, -0.25) is 4.79 Å². The van der Waals surface area contributed by atoms with Gasteiger partial charge in [-0.1, -0.05) is 41.4 Å². The van der Waals surface area contributed by atoms with Crippen molar-refractivity contribution in [3.63, 3.8) is 0 Å². The largest absolute Gasteiger partial charge is 0.449 e. The first kappa shape index (κ1) is 20.6. The zero-order valence-corrected chi connectivity index (χ0v) is 16.0. The van der Waals surface area contributed by atoms with Crippen LogP contribution in [0.3, 0.4) is 0 Å². The summed E-state index contributed by atoms with van der Waals surface area (Å²) in [7, 11) is 0. The molecule has 0 bridgehead atoms. The van der Waals surface area contributed by atoms with Crippen molar-refractivity contribution in [2.24, 2.45) is 0 Å². The lowest BCUT2D eigenvalue weighted by atomic mass is 10.2. The maximum atomic E-state index is 12.8. The quantitative estimate of drug-likeness (QED) is 0.576. The number of nitrogens with two attached hydrogens (primary N) is 1. The number of nitriles is 1. The van der Waals surface area contributed by atoms with E-state index in [-0.39, 0.29) is 34.3 Å². The average Bonchev–Trinajstić information content (AvgIpc) is 2.65. The van der Waals surface area contributed by atoms with Gasteiger partial charge in [-0.15, -0.1) is 0 Å². The molecule has 1 atom stereocenters. The Labute approximate surface area is 167 Å². The molecule has 0 aliphatic rings. The summed E-state index contributed by atoms with van der Waals surface area (Å²) in [5, 5.41) is 9.19. The van der Waals surface area contributed by atoms with Crippen LogP contribution in [0.4, 0.5) is 11.4 Å². The Kier molecular flexibility index (Phi) is 7.05. The Balaban J connectivity index is 2.20. The van der Waals surface area contributed by atoms with Crippen LogP contribution in [0.25, 0.3) is 0 Å². The molecule has 0 heterocycles. The first-order valence-electron chi connectivity index (χ1n) is 8.04. The smallest absolute Gasteiger partial charge is 0.341 e. The van der Waals surface area contributed by atoms with Crippen LogP contribution in [0.15, 0.2) is 42.5 Å². The minimum atomic E-state index is -1.10. The molecule has 8 heteroatoms. The normalized spacial score (nSPS) is 11.3. The van der Waals surface area contributed by atoms with Gasteiger partial charge in [0.25, 0.3) is 5.91 Å². The van der Waals surface area contributed by atoms with Crippen LogP contribution in [0, 0.1) is 11.3 Å². The maximum Gasteiger partial charge on any atom is 0.341 e. The van der Waals surface area contributed by atoms with Gasteiger partial charge < -0.3 is 15.4 Å². The summed E-state index contributed by atoms with van der Waals surface area (Å²) in [4.78, 5) is 26.6. The number of para-hydroxylation sites is 1. The molecule has 2 aromatic rings. The number of nitrogens with zero attached hydrogens (tertiary/aromatic N) is 2. The molecule has 2 rings (SSSR count). The standard InChI is InChI=1S/C19H17Cl2N3O3/c1-12(27-19(26)15-10-13(20)11-16(21)17(15)23)18(25)24(9-5-8-22)14-6-3-2-4-7-14/h2-4,6-7,10-12H,5,9,23H2,1H3. The van der Waals surface area contributed by atoms with Crippen LogP contribution >= 0.6 is 23.2 Å². The van der Waals surface area contributed by atoms with Gasteiger partial charge in [-0.25, -0.2) is 4.79 Å². The Hall–Kier alpha value is -2.75. The predicted octanol–water partition coefficient (Wildman–Crippen LogP) is 4.07. The van der Waals surface area contributed by atoms with E-state index in [2.05, 4.69) is 0 Å². The molecule has 0 fully saturated rings. The van der Waals surface area contributed by atoms with Crippen molar-refractivity contribution in [3.8, 4) is 6.07 Å². The van der Waals surface area contributed by atoms with Gasteiger partial charge in [0.1, 0.15) is 0 Å². The number of esters is 1. The number of hydrogen-bond donors (Lipinski definition) is 1. The highest BCUT2D eigenvalue weighted by Crippen LogP contribution is 2.28. The van der Waals surface area contributed by atoms with Crippen molar-refractivity contribution < 1.29 is 14.3 Å². The second-order valence-corrected chi connectivity index (χ2v) is 6.47. The summed E-state index contributed by atoms with van der Waals surface area (Å²) in [6, 6.07) is 13.6. The molecule has 0 saturated heterocycles. The van der Waals surface area contributed by atoms with Crippen molar-refractivity contribution in [3.05, 3.63) is 58.1 Å². The first-order valence-corrected chi connectivity index (χ1v) is 8.79. The van der Waals surface area contributed by atoms with Crippen molar-refractivity contribution in [2.75, 3.05) is 17.2 Å². The van der Waals surface area contributed by atoms with Crippen LogP contribution < -0.4 is 10.6 Å². The number of carbonyl (C=O) groups is 2. The lowest BCUT2D eigenvalue weighted by molar-refractivity contribution is -0.126. The van der Waals surface area contributed by atoms with Crippen molar-refractivity contribution in [2.45, 2.75) is 19.4 Å². The lowest BCUT2D eigenvalue weighted by Gasteiger charge is -2.25. The average molecular weight is 406 g/mol. The fraction of sp³-hybridized carbons (Fsp3) is 0.211. The molecule has 1 amide bonds. The molecule has 0 aliphatic carbocycles. The minimum absolute atomic E-state index is 0.0181. The van der Waals surface area contributed by atoms with Gasteiger partial charge in [0.2, 0.25) is 0 Å². The van der Waals surface area contributed by atoms with Gasteiger partial charge in [0, 0.05) is 17.3 Å². The van der Waals surface area contributed by atoms with E-state index in [9.17, 15) is 9.59 Å². The number of halogens is 2. The van der Waals surface area contributed by atoms with Gasteiger partial charge in [0.15, 0.2) is 6.10 Å². The summed E-state index contributed by atoms with van der Waals surface area (Å²) < 4.78 is 5.26. The van der Waals surface area contributed by atoms with E-state index in [1.54, 1.807) is 24.3 Å². The summed E-state index contributed by atoms with van der Waals surface area (Å²) in [6.07, 6.45) is -0.966. The van der Waals surface area contributed by atoms with E-state index >= 15 is 0 Å². The topological polar surface area (TPSA) is 96.4 Å². The Morgan fingerprint density at radius 1 is 1.26 bits per heavy atom. The van der Waals surface area contributed by atoms with Crippen LogP contribution in [0.2, 0.25) is 10.0 Å². The van der Waals surface area contributed by atoms with Gasteiger partial charge in [-0.2, -0.15) is 5.26 Å². The highest BCUT2D eigenvalue weighted by Gasteiger charge is 2.26. The summed E-state index contributed by atoms with van der Waals surface area (Å²) in [6.45, 7) is 1.62. The molecule has 0 aromatic heterocycles. The first-order chi connectivity index (χ1) is 12.8. The highest BCUT2D eigenvalue weighted by atomic mass is 35.5. The number of ether oxygens (including phenoxy) is 1. The minimum Gasteiger partial charge on any atom is -0.449 e.